The van der Waals surface area contributed by atoms with Gasteiger partial charge < -0.3 is 15.0 Å². The third-order valence-corrected chi connectivity index (χ3v) is 5.69. The molecule has 0 bridgehead atoms. The zero-order chi connectivity index (χ0) is 24.3. The van der Waals surface area contributed by atoms with Crippen molar-refractivity contribution in [2.45, 2.75) is 19.0 Å². The molecule has 4 rings (SSSR count). The predicted octanol–water partition coefficient (Wildman–Crippen LogP) is 5.17. The summed E-state index contributed by atoms with van der Waals surface area (Å²) in [6, 6.07) is 13.5. The number of para-hydroxylation sites is 1. The number of hydrogen-bond donors (Lipinski definition) is 1. The van der Waals surface area contributed by atoms with Crippen molar-refractivity contribution >= 4 is 17.4 Å². The van der Waals surface area contributed by atoms with E-state index in [-0.39, 0.29) is 5.69 Å². The molecule has 1 saturated heterocycles. The van der Waals surface area contributed by atoms with Crippen LogP contribution in [-0.2, 0) is 11.0 Å². The standard InChI is InChI=1S/C24H22F4N4O2/c1-34-21-7-3-2-6-17(21)20-10-11-22(31-30-20)32-12-4-5-15(14-32)23(33)29-16-8-9-19(25)18(13-16)24(26,27)28/h2-3,6-11,13,15H,4-5,12,14H2,1H3,(H,29,33). The summed E-state index contributed by atoms with van der Waals surface area (Å²) in [7, 11) is 1.58. The normalized spacial score (nSPS) is 16.3. The molecule has 3 aromatic rings. The van der Waals surface area contributed by atoms with Gasteiger partial charge in [-0.3, -0.25) is 4.79 Å². The van der Waals surface area contributed by atoms with Crippen molar-refractivity contribution in [3.05, 3.63) is 66.0 Å². The average molecular weight is 474 g/mol. The van der Waals surface area contributed by atoms with Crippen LogP contribution in [0, 0.1) is 11.7 Å². The molecule has 178 valence electrons. The average Bonchev–Trinajstić information content (AvgIpc) is 2.84. The summed E-state index contributed by atoms with van der Waals surface area (Å²) >= 11 is 0. The first-order valence-corrected chi connectivity index (χ1v) is 10.7. The molecule has 6 nitrogen and oxygen atoms in total. The lowest BCUT2D eigenvalue weighted by molar-refractivity contribution is -0.140. The number of amides is 1. The van der Waals surface area contributed by atoms with Crippen LogP contribution in [0.15, 0.2) is 54.6 Å². The van der Waals surface area contributed by atoms with Gasteiger partial charge in [0.2, 0.25) is 5.91 Å². The molecule has 1 atom stereocenters. The van der Waals surface area contributed by atoms with E-state index in [0.717, 1.165) is 11.6 Å². The summed E-state index contributed by atoms with van der Waals surface area (Å²) in [4.78, 5) is 14.7. The Balaban J connectivity index is 1.45. The van der Waals surface area contributed by atoms with Gasteiger partial charge in [0.1, 0.15) is 11.6 Å². The number of nitrogens with one attached hydrogen (secondary N) is 1. The van der Waals surface area contributed by atoms with E-state index in [2.05, 4.69) is 15.5 Å². The number of benzene rings is 2. The van der Waals surface area contributed by atoms with Crippen molar-refractivity contribution in [1.82, 2.24) is 10.2 Å². The molecule has 1 N–H and O–H groups in total. The third-order valence-electron chi connectivity index (χ3n) is 5.69. The molecule has 0 spiro atoms. The SMILES string of the molecule is COc1ccccc1-c1ccc(N2CCCC(C(=O)Nc3ccc(F)c(C(F)(F)F)c3)C2)nn1. The van der Waals surface area contributed by atoms with E-state index in [0.29, 0.717) is 55.3 Å². The first kappa shape index (κ1) is 23.5. The highest BCUT2D eigenvalue weighted by Crippen LogP contribution is 2.33. The van der Waals surface area contributed by atoms with Crippen molar-refractivity contribution in [3.63, 3.8) is 0 Å². The van der Waals surface area contributed by atoms with Crippen LogP contribution in [-0.4, -0.2) is 36.3 Å². The van der Waals surface area contributed by atoms with Crippen LogP contribution in [0.1, 0.15) is 18.4 Å². The predicted molar refractivity (Wildman–Crippen MR) is 119 cm³/mol. The van der Waals surface area contributed by atoms with Crippen molar-refractivity contribution in [2.75, 3.05) is 30.4 Å². The molecule has 1 aliphatic rings. The summed E-state index contributed by atoms with van der Waals surface area (Å²) in [6.07, 6.45) is -3.57. The molecule has 1 amide bonds. The topological polar surface area (TPSA) is 67.3 Å². The number of methoxy groups -OCH3 is 1. The molecule has 0 saturated carbocycles. The molecule has 1 unspecified atom stereocenters. The number of ether oxygens (including phenoxy) is 1. The molecule has 0 aliphatic carbocycles. The van der Waals surface area contributed by atoms with Crippen LogP contribution < -0.4 is 15.0 Å². The van der Waals surface area contributed by atoms with Gasteiger partial charge in [-0.15, -0.1) is 10.2 Å². The number of carbonyl (C=O) groups excluding carboxylic acids is 1. The number of nitrogens with zero attached hydrogens (tertiary/aromatic N) is 3. The lowest BCUT2D eigenvalue weighted by Crippen LogP contribution is -2.41. The monoisotopic (exact) mass is 474 g/mol. The van der Waals surface area contributed by atoms with Crippen LogP contribution in [0.5, 0.6) is 5.75 Å². The summed E-state index contributed by atoms with van der Waals surface area (Å²) in [5.41, 5.74) is -0.0699. The van der Waals surface area contributed by atoms with Crippen LogP contribution in [0.4, 0.5) is 29.1 Å². The highest BCUT2D eigenvalue weighted by Gasteiger charge is 2.34. The minimum atomic E-state index is -4.85. The smallest absolute Gasteiger partial charge is 0.419 e. The Hall–Kier alpha value is -3.69. The Morgan fingerprint density at radius 2 is 1.91 bits per heavy atom. The highest BCUT2D eigenvalue weighted by atomic mass is 19.4. The maximum absolute atomic E-state index is 13.5. The lowest BCUT2D eigenvalue weighted by atomic mass is 9.97. The first-order valence-electron chi connectivity index (χ1n) is 10.7. The zero-order valence-electron chi connectivity index (χ0n) is 18.3. The Kier molecular flexibility index (Phi) is 6.67. The van der Waals surface area contributed by atoms with Gasteiger partial charge in [-0.25, -0.2) is 4.39 Å². The molecular weight excluding hydrogens is 452 g/mol. The molecule has 0 radical (unpaired) electrons. The summed E-state index contributed by atoms with van der Waals surface area (Å²) in [5, 5.41) is 11.1. The van der Waals surface area contributed by atoms with Gasteiger partial charge in [-0.05, 0) is 55.3 Å². The van der Waals surface area contributed by atoms with E-state index < -0.39 is 29.4 Å². The fourth-order valence-corrected chi connectivity index (χ4v) is 3.96. The van der Waals surface area contributed by atoms with Gasteiger partial charge >= 0.3 is 6.18 Å². The number of piperidine rings is 1. The van der Waals surface area contributed by atoms with E-state index in [1.54, 1.807) is 7.11 Å². The van der Waals surface area contributed by atoms with Crippen molar-refractivity contribution in [1.29, 1.82) is 0 Å². The van der Waals surface area contributed by atoms with Gasteiger partial charge in [-0.2, -0.15) is 13.2 Å². The molecule has 1 fully saturated rings. The largest absolute Gasteiger partial charge is 0.496 e. The number of hydrogen-bond acceptors (Lipinski definition) is 5. The van der Waals surface area contributed by atoms with E-state index >= 15 is 0 Å². The number of halogens is 4. The second kappa shape index (κ2) is 9.66. The molecular formula is C24H22F4N4O2. The fraction of sp³-hybridized carbons (Fsp3) is 0.292. The number of rotatable bonds is 5. The number of alkyl halides is 3. The van der Waals surface area contributed by atoms with E-state index in [4.69, 9.17) is 4.74 Å². The quantitative estimate of drug-likeness (QED) is 0.517. The highest BCUT2D eigenvalue weighted by molar-refractivity contribution is 5.93. The first-order chi connectivity index (χ1) is 16.3. The number of anilines is 2. The summed E-state index contributed by atoms with van der Waals surface area (Å²) < 4.78 is 57.8. The molecule has 1 aromatic heterocycles. The second-order valence-electron chi connectivity index (χ2n) is 7.94. The lowest BCUT2D eigenvalue weighted by Gasteiger charge is -2.32. The van der Waals surface area contributed by atoms with Crippen LogP contribution in [0.2, 0.25) is 0 Å². The van der Waals surface area contributed by atoms with Crippen LogP contribution >= 0.6 is 0 Å². The van der Waals surface area contributed by atoms with Gasteiger partial charge in [0.15, 0.2) is 5.82 Å². The van der Waals surface area contributed by atoms with Gasteiger partial charge in [0.25, 0.3) is 0 Å². The van der Waals surface area contributed by atoms with Crippen molar-refractivity contribution in [3.8, 4) is 17.0 Å². The van der Waals surface area contributed by atoms with Crippen molar-refractivity contribution in [2.24, 2.45) is 5.92 Å². The van der Waals surface area contributed by atoms with Crippen LogP contribution in [0.25, 0.3) is 11.3 Å². The second-order valence-corrected chi connectivity index (χ2v) is 7.94. The molecule has 2 aromatic carbocycles. The Morgan fingerprint density at radius 1 is 1.12 bits per heavy atom. The minimum absolute atomic E-state index is 0.100. The Labute approximate surface area is 193 Å². The molecule has 2 heterocycles. The summed E-state index contributed by atoms with van der Waals surface area (Å²) in [5.74, 6) is -1.01. The minimum Gasteiger partial charge on any atom is -0.496 e. The summed E-state index contributed by atoms with van der Waals surface area (Å²) in [6.45, 7) is 1.00. The maximum atomic E-state index is 13.5. The van der Waals surface area contributed by atoms with E-state index in [1.165, 1.54) is 0 Å². The molecule has 1 aliphatic heterocycles. The third kappa shape index (κ3) is 5.11. The van der Waals surface area contributed by atoms with Crippen LogP contribution in [0.3, 0.4) is 0 Å². The van der Waals surface area contributed by atoms with Gasteiger partial charge in [0.05, 0.1) is 24.3 Å². The van der Waals surface area contributed by atoms with Gasteiger partial charge in [0, 0.05) is 24.3 Å². The molecule has 34 heavy (non-hydrogen) atoms. The molecule has 10 heteroatoms. The number of aromatic nitrogens is 2. The van der Waals surface area contributed by atoms with E-state index in [1.807, 2.05) is 41.3 Å². The Morgan fingerprint density at radius 3 is 2.62 bits per heavy atom. The number of carbonyl (C=O) groups is 1. The van der Waals surface area contributed by atoms with E-state index in [9.17, 15) is 22.4 Å². The zero-order valence-corrected chi connectivity index (χ0v) is 18.3. The maximum Gasteiger partial charge on any atom is 0.419 e. The van der Waals surface area contributed by atoms with Gasteiger partial charge in [-0.1, -0.05) is 12.1 Å². The fourth-order valence-electron chi connectivity index (χ4n) is 3.96. The van der Waals surface area contributed by atoms with Crippen molar-refractivity contribution < 1.29 is 27.1 Å². The Bertz CT molecular complexity index is 1170.